The Hall–Kier alpha value is -2.11. The first-order valence-electron chi connectivity index (χ1n) is 8.51. The molecule has 0 spiro atoms. The SMILES string of the molecule is CCC(CNC(=O)C(C)C(N)c1ccccc1)Oc1cccc(F)c1.Cl. The van der Waals surface area contributed by atoms with Gasteiger partial charge in [-0.2, -0.15) is 0 Å². The number of hydrogen-bond donors (Lipinski definition) is 2. The molecule has 0 saturated heterocycles. The molecule has 2 rings (SSSR count). The largest absolute Gasteiger partial charge is 0.489 e. The van der Waals surface area contributed by atoms with Crippen LogP contribution in [0, 0.1) is 11.7 Å². The number of rotatable bonds is 8. The van der Waals surface area contributed by atoms with Crippen molar-refractivity contribution in [1.82, 2.24) is 5.32 Å². The van der Waals surface area contributed by atoms with Crippen LogP contribution in [0.15, 0.2) is 54.6 Å². The number of hydrogen-bond acceptors (Lipinski definition) is 3. The molecular formula is C20H26ClFN2O2. The first-order valence-corrected chi connectivity index (χ1v) is 8.51. The minimum Gasteiger partial charge on any atom is -0.489 e. The van der Waals surface area contributed by atoms with E-state index in [1.807, 2.05) is 37.3 Å². The zero-order valence-electron chi connectivity index (χ0n) is 15.0. The minimum atomic E-state index is -0.370. The van der Waals surface area contributed by atoms with Crippen molar-refractivity contribution in [2.75, 3.05) is 6.54 Å². The van der Waals surface area contributed by atoms with Crippen molar-refractivity contribution in [3.8, 4) is 5.75 Å². The third kappa shape index (κ3) is 6.32. The molecule has 2 aromatic rings. The van der Waals surface area contributed by atoms with Gasteiger partial charge < -0.3 is 15.8 Å². The molecule has 3 atom stereocenters. The maximum Gasteiger partial charge on any atom is 0.224 e. The molecule has 0 bridgehead atoms. The van der Waals surface area contributed by atoms with E-state index in [0.29, 0.717) is 18.7 Å². The zero-order valence-corrected chi connectivity index (χ0v) is 15.8. The van der Waals surface area contributed by atoms with Gasteiger partial charge in [0.25, 0.3) is 0 Å². The van der Waals surface area contributed by atoms with E-state index in [1.165, 1.54) is 12.1 Å². The smallest absolute Gasteiger partial charge is 0.224 e. The second-order valence-corrected chi connectivity index (χ2v) is 6.08. The summed E-state index contributed by atoms with van der Waals surface area (Å²) in [6.07, 6.45) is 0.460. The van der Waals surface area contributed by atoms with E-state index in [4.69, 9.17) is 10.5 Å². The van der Waals surface area contributed by atoms with E-state index in [0.717, 1.165) is 5.56 Å². The number of halogens is 2. The molecule has 0 radical (unpaired) electrons. The first-order chi connectivity index (χ1) is 12.0. The summed E-state index contributed by atoms with van der Waals surface area (Å²) >= 11 is 0. The predicted molar refractivity (Wildman–Crippen MR) is 104 cm³/mol. The molecule has 0 fully saturated rings. The van der Waals surface area contributed by atoms with Gasteiger partial charge in [-0.15, -0.1) is 12.4 Å². The van der Waals surface area contributed by atoms with Crippen LogP contribution in [0.3, 0.4) is 0 Å². The van der Waals surface area contributed by atoms with Gasteiger partial charge in [-0.1, -0.05) is 50.2 Å². The number of nitrogens with two attached hydrogens (primary N) is 1. The number of benzene rings is 2. The van der Waals surface area contributed by atoms with E-state index >= 15 is 0 Å². The summed E-state index contributed by atoms with van der Waals surface area (Å²) in [6.45, 7) is 4.11. The van der Waals surface area contributed by atoms with E-state index in [-0.39, 0.29) is 42.2 Å². The molecule has 2 aromatic carbocycles. The van der Waals surface area contributed by atoms with Crippen LogP contribution in [0.1, 0.15) is 31.9 Å². The summed E-state index contributed by atoms with van der Waals surface area (Å²) in [5, 5.41) is 2.88. The van der Waals surface area contributed by atoms with Gasteiger partial charge in [0.05, 0.1) is 12.5 Å². The highest BCUT2D eigenvalue weighted by Gasteiger charge is 2.22. The number of carbonyl (C=O) groups is 1. The van der Waals surface area contributed by atoms with Gasteiger partial charge in [0.2, 0.25) is 5.91 Å². The molecule has 3 unspecified atom stereocenters. The maximum absolute atomic E-state index is 13.2. The fourth-order valence-electron chi connectivity index (χ4n) is 2.50. The fourth-order valence-corrected chi connectivity index (χ4v) is 2.50. The van der Waals surface area contributed by atoms with Crippen LogP contribution in [0.25, 0.3) is 0 Å². The van der Waals surface area contributed by atoms with Crippen molar-refractivity contribution >= 4 is 18.3 Å². The fraction of sp³-hybridized carbons (Fsp3) is 0.350. The standard InChI is InChI=1S/C20H25FN2O2.ClH/c1-3-17(25-18-11-7-10-16(21)12-18)13-23-20(24)14(2)19(22)15-8-5-4-6-9-15;/h4-12,14,17,19H,3,13,22H2,1-2H3,(H,23,24);1H. The van der Waals surface area contributed by atoms with Crippen LogP contribution >= 0.6 is 12.4 Å². The molecule has 0 aliphatic rings. The summed E-state index contributed by atoms with van der Waals surface area (Å²) in [5.74, 6) is -0.388. The molecule has 0 aromatic heterocycles. The highest BCUT2D eigenvalue weighted by atomic mass is 35.5. The van der Waals surface area contributed by atoms with Crippen LogP contribution in [-0.2, 0) is 4.79 Å². The van der Waals surface area contributed by atoms with Gasteiger partial charge in [-0.3, -0.25) is 4.79 Å². The van der Waals surface area contributed by atoms with E-state index in [9.17, 15) is 9.18 Å². The highest BCUT2D eigenvalue weighted by molar-refractivity contribution is 5.85. The van der Waals surface area contributed by atoms with Crippen molar-refractivity contribution < 1.29 is 13.9 Å². The van der Waals surface area contributed by atoms with Gasteiger partial charge >= 0.3 is 0 Å². The molecule has 0 saturated carbocycles. The molecule has 4 nitrogen and oxygen atoms in total. The minimum absolute atomic E-state index is 0. The van der Waals surface area contributed by atoms with Crippen molar-refractivity contribution in [3.05, 3.63) is 66.0 Å². The second-order valence-electron chi connectivity index (χ2n) is 6.08. The van der Waals surface area contributed by atoms with E-state index < -0.39 is 0 Å². The normalized spacial score (nSPS) is 13.8. The maximum atomic E-state index is 13.2. The molecule has 26 heavy (non-hydrogen) atoms. The third-order valence-corrected chi connectivity index (χ3v) is 4.19. The number of nitrogens with one attached hydrogen (secondary N) is 1. The van der Waals surface area contributed by atoms with Crippen molar-refractivity contribution in [2.45, 2.75) is 32.4 Å². The van der Waals surface area contributed by atoms with Crippen LogP contribution in [-0.4, -0.2) is 18.6 Å². The van der Waals surface area contributed by atoms with Crippen molar-refractivity contribution in [1.29, 1.82) is 0 Å². The molecule has 0 heterocycles. The van der Waals surface area contributed by atoms with Gasteiger partial charge in [-0.25, -0.2) is 4.39 Å². The quantitative estimate of drug-likeness (QED) is 0.730. The highest BCUT2D eigenvalue weighted by Crippen LogP contribution is 2.19. The molecule has 1 amide bonds. The molecule has 142 valence electrons. The van der Waals surface area contributed by atoms with Crippen molar-refractivity contribution in [2.24, 2.45) is 11.7 Å². The third-order valence-electron chi connectivity index (χ3n) is 4.19. The van der Waals surface area contributed by atoms with Gasteiger partial charge in [0.1, 0.15) is 17.7 Å². The number of amides is 1. The van der Waals surface area contributed by atoms with Crippen LogP contribution < -0.4 is 15.8 Å². The predicted octanol–water partition coefficient (Wildman–Crippen LogP) is 3.86. The van der Waals surface area contributed by atoms with Crippen LogP contribution in [0.2, 0.25) is 0 Å². The van der Waals surface area contributed by atoms with E-state index in [2.05, 4.69) is 5.32 Å². The molecule has 3 N–H and O–H groups in total. The Kier molecular flexibility index (Phi) is 9.10. The summed E-state index contributed by atoms with van der Waals surface area (Å²) in [5.41, 5.74) is 7.11. The Morgan fingerprint density at radius 3 is 2.50 bits per heavy atom. The average Bonchev–Trinajstić information content (AvgIpc) is 2.64. The zero-order chi connectivity index (χ0) is 18.2. The monoisotopic (exact) mass is 380 g/mol. The Morgan fingerprint density at radius 2 is 1.88 bits per heavy atom. The van der Waals surface area contributed by atoms with E-state index in [1.54, 1.807) is 19.1 Å². The van der Waals surface area contributed by atoms with Gasteiger partial charge in [0, 0.05) is 12.1 Å². The topological polar surface area (TPSA) is 64.4 Å². The lowest BCUT2D eigenvalue weighted by molar-refractivity contribution is -0.125. The molecule has 6 heteroatoms. The summed E-state index contributed by atoms with van der Waals surface area (Å²) in [7, 11) is 0. The van der Waals surface area contributed by atoms with Crippen LogP contribution in [0.4, 0.5) is 4.39 Å². The molecular weight excluding hydrogens is 355 g/mol. The first kappa shape index (κ1) is 21.9. The number of ether oxygens (including phenoxy) is 1. The lowest BCUT2D eigenvalue weighted by Crippen LogP contribution is -2.40. The summed E-state index contributed by atoms with van der Waals surface area (Å²) < 4.78 is 19.0. The van der Waals surface area contributed by atoms with Gasteiger partial charge in [-0.05, 0) is 24.1 Å². The summed E-state index contributed by atoms with van der Waals surface area (Å²) in [4.78, 5) is 12.4. The number of carbonyl (C=O) groups excluding carboxylic acids is 1. The summed E-state index contributed by atoms with van der Waals surface area (Å²) in [6, 6.07) is 15.2. The lowest BCUT2D eigenvalue weighted by Gasteiger charge is -2.22. The average molecular weight is 381 g/mol. The molecule has 0 aliphatic carbocycles. The van der Waals surface area contributed by atoms with Gasteiger partial charge in [0.15, 0.2) is 0 Å². The Morgan fingerprint density at radius 1 is 1.19 bits per heavy atom. The second kappa shape index (κ2) is 10.8. The van der Waals surface area contributed by atoms with Crippen molar-refractivity contribution in [3.63, 3.8) is 0 Å². The Bertz CT molecular complexity index is 685. The Balaban J connectivity index is 0.00000338. The Labute approximate surface area is 160 Å². The van der Waals surface area contributed by atoms with Crippen LogP contribution in [0.5, 0.6) is 5.75 Å². The molecule has 0 aliphatic heterocycles. The lowest BCUT2D eigenvalue weighted by atomic mass is 9.94.